The Hall–Kier alpha value is -1.59. The molecule has 1 aromatic rings. The fourth-order valence-electron chi connectivity index (χ4n) is 3.41. The van der Waals surface area contributed by atoms with Crippen molar-refractivity contribution in [1.29, 1.82) is 0 Å². The van der Waals surface area contributed by atoms with Crippen LogP contribution in [0.3, 0.4) is 0 Å². The number of hydrogen-bond acceptors (Lipinski definition) is 4. The van der Waals surface area contributed by atoms with Crippen molar-refractivity contribution in [1.82, 2.24) is 10.2 Å². The summed E-state index contributed by atoms with van der Waals surface area (Å²) in [7, 11) is 1.93. The molecule has 1 aromatic carbocycles. The van der Waals surface area contributed by atoms with Crippen LogP contribution in [0.2, 0.25) is 0 Å². The van der Waals surface area contributed by atoms with Crippen LogP contribution in [0.4, 0.5) is 4.79 Å². The molecule has 0 aromatic heterocycles. The van der Waals surface area contributed by atoms with Gasteiger partial charge in [-0.1, -0.05) is 18.2 Å². The molecule has 1 atom stereocenters. The Morgan fingerprint density at radius 3 is 2.76 bits per heavy atom. The molecule has 1 aliphatic heterocycles. The van der Waals surface area contributed by atoms with Crippen molar-refractivity contribution < 1.29 is 14.6 Å². The first-order valence-electron chi connectivity index (χ1n) is 9.20. The monoisotopic (exact) mass is 348 g/mol. The van der Waals surface area contributed by atoms with Crippen LogP contribution in [0, 0.1) is 0 Å². The zero-order chi connectivity index (χ0) is 18.4. The van der Waals surface area contributed by atoms with Gasteiger partial charge in [0, 0.05) is 25.7 Å². The van der Waals surface area contributed by atoms with Crippen molar-refractivity contribution >= 4 is 6.09 Å². The van der Waals surface area contributed by atoms with Crippen LogP contribution in [-0.4, -0.2) is 47.9 Å². The minimum Gasteiger partial charge on any atom is -0.444 e. The van der Waals surface area contributed by atoms with Crippen molar-refractivity contribution in [3.63, 3.8) is 0 Å². The van der Waals surface area contributed by atoms with E-state index in [4.69, 9.17) is 4.74 Å². The third-order valence-electron chi connectivity index (χ3n) is 4.49. The second kappa shape index (κ2) is 8.68. The number of ether oxygens (including phenoxy) is 1. The van der Waals surface area contributed by atoms with E-state index < -0.39 is 5.60 Å². The zero-order valence-corrected chi connectivity index (χ0v) is 16.0. The normalized spacial score (nSPS) is 17.8. The standard InChI is InChI=1S/C20H32N2O3/c1-20(2,3)25-19(24)22-10-5-6-18(22)13-16-8-7-15(14-21-4)12-17(16)9-11-23/h7-8,12,18,21,23H,5-6,9-11,13-14H2,1-4H3. The summed E-state index contributed by atoms with van der Waals surface area (Å²) in [6.07, 6.45) is 3.25. The summed E-state index contributed by atoms with van der Waals surface area (Å²) >= 11 is 0. The SMILES string of the molecule is CNCc1ccc(CC2CCCN2C(=O)OC(C)(C)C)c(CCO)c1. The molecule has 1 fully saturated rings. The van der Waals surface area contributed by atoms with Gasteiger partial charge in [0.1, 0.15) is 5.60 Å². The Kier molecular flexibility index (Phi) is 6.85. The van der Waals surface area contributed by atoms with E-state index in [1.807, 2.05) is 32.7 Å². The lowest BCUT2D eigenvalue weighted by Gasteiger charge is -2.29. The highest BCUT2D eigenvalue weighted by Crippen LogP contribution is 2.25. The Balaban J connectivity index is 2.12. The average molecular weight is 348 g/mol. The molecule has 1 aliphatic rings. The fraction of sp³-hybridized carbons (Fsp3) is 0.650. The van der Waals surface area contributed by atoms with Crippen LogP contribution in [0.5, 0.6) is 0 Å². The summed E-state index contributed by atoms with van der Waals surface area (Å²) in [6, 6.07) is 6.60. The van der Waals surface area contributed by atoms with E-state index in [1.54, 1.807) is 0 Å². The lowest BCUT2D eigenvalue weighted by molar-refractivity contribution is 0.0226. The van der Waals surface area contributed by atoms with E-state index in [0.29, 0.717) is 6.42 Å². The predicted octanol–water partition coefficient (Wildman–Crippen LogP) is 2.88. The summed E-state index contributed by atoms with van der Waals surface area (Å²) < 4.78 is 5.56. The number of nitrogens with one attached hydrogen (secondary N) is 1. The number of carbonyl (C=O) groups is 1. The molecule has 1 heterocycles. The molecule has 1 saturated heterocycles. The number of aliphatic hydroxyl groups excluding tert-OH is 1. The van der Waals surface area contributed by atoms with E-state index >= 15 is 0 Å². The van der Waals surface area contributed by atoms with E-state index in [2.05, 4.69) is 23.5 Å². The molecule has 25 heavy (non-hydrogen) atoms. The first kappa shape index (κ1) is 19.7. The summed E-state index contributed by atoms with van der Waals surface area (Å²) in [4.78, 5) is 14.3. The third kappa shape index (κ3) is 5.72. The molecule has 0 saturated carbocycles. The van der Waals surface area contributed by atoms with Gasteiger partial charge in [-0.25, -0.2) is 4.79 Å². The first-order chi connectivity index (χ1) is 11.8. The quantitative estimate of drug-likeness (QED) is 0.830. The highest BCUT2D eigenvalue weighted by Gasteiger charge is 2.32. The molecule has 1 unspecified atom stereocenters. The summed E-state index contributed by atoms with van der Waals surface area (Å²) in [5, 5.41) is 12.6. The molecule has 5 nitrogen and oxygen atoms in total. The number of amides is 1. The van der Waals surface area contributed by atoms with Crippen LogP contribution >= 0.6 is 0 Å². The highest BCUT2D eigenvalue weighted by atomic mass is 16.6. The van der Waals surface area contributed by atoms with Gasteiger partial charge in [-0.05, 0) is 70.2 Å². The predicted molar refractivity (Wildman–Crippen MR) is 99.7 cm³/mol. The number of nitrogens with zero attached hydrogens (tertiary/aromatic N) is 1. The van der Waals surface area contributed by atoms with E-state index in [1.165, 1.54) is 16.7 Å². The van der Waals surface area contributed by atoms with Gasteiger partial charge in [0.25, 0.3) is 0 Å². The Labute approximate surface area is 151 Å². The molecule has 140 valence electrons. The highest BCUT2D eigenvalue weighted by molar-refractivity contribution is 5.69. The van der Waals surface area contributed by atoms with E-state index in [9.17, 15) is 9.90 Å². The topological polar surface area (TPSA) is 61.8 Å². The minimum atomic E-state index is -0.471. The molecule has 0 radical (unpaired) electrons. The molecule has 0 bridgehead atoms. The van der Waals surface area contributed by atoms with Crippen molar-refractivity contribution in [3.05, 3.63) is 34.9 Å². The first-order valence-corrected chi connectivity index (χ1v) is 9.20. The molecule has 2 rings (SSSR count). The van der Waals surface area contributed by atoms with Crippen molar-refractivity contribution in [2.75, 3.05) is 20.2 Å². The van der Waals surface area contributed by atoms with Crippen LogP contribution < -0.4 is 5.32 Å². The summed E-state index contributed by atoms with van der Waals surface area (Å²) in [5.41, 5.74) is 3.13. The van der Waals surface area contributed by atoms with Crippen molar-refractivity contribution in [2.24, 2.45) is 0 Å². The maximum absolute atomic E-state index is 12.5. The Bertz CT molecular complexity index is 581. The molecular formula is C20H32N2O3. The van der Waals surface area contributed by atoms with E-state index in [-0.39, 0.29) is 18.7 Å². The molecule has 2 N–H and O–H groups in total. The molecule has 0 aliphatic carbocycles. The van der Waals surface area contributed by atoms with E-state index in [0.717, 1.165) is 32.4 Å². The van der Waals surface area contributed by atoms with Crippen LogP contribution in [0.1, 0.15) is 50.3 Å². The van der Waals surface area contributed by atoms with Crippen LogP contribution in [0.25, 0.3) is 0 Å². The molecular weight excluding hydrogens is 316 g/mol. The fourth-order valence-corrected chi connectivity index (χ4v) is 3.41. The van der Waals surface area contributed by atoms with Crippen molar-refractivity contribution in [3.8, 4) is 0 Å². The summed E-state index contributed by atoms with van der Waals surface area (Å²) in [6.45, 7) is 7.40. The number of likely N-dealkylation sites (tertiary alicyclic amines) is 1. The van der Waals surface area contributed by atoms with Crippen LogP contribution in [0.15, 0.2) is 18.2 Å². The number of hydrogen-bond donors (Lipinski definition) is 2. The largest absolute Gasteiger partial charge is 0.444 e. The lowest BCUT2D eigenvalue weighted by atomic mass is 9.95. The maximum Gasteiger partial charge on any atom is 0.410 e. The van der Waals surface area contributed by atoms with Gasteiger partial charge in [-0.2, -0.15) is 0 Å². The minimum absolute atomic E-state index is 0.135. The molecule has 5 heteroatoms. The zero-order valence-electron chi connectivity index (χ0n) is 16.0. The smallest absolute Gasteiger partial charge is 0.410 e. The number of rotatable bonds is 6. The van der Waals surface area contributed by atoms with Gasteiger partial charge in [0.05, 0.1) is 0 Å². The summed E-state index contributed by atoms with van der Waals surface area (Å²) in [5.74, 6) is 0. The van der Waals surface area contributed by atoms with Gasteiger partial charge in [0.2, 0.25) is 0 Å². The van der Waals surface area contributed by atoms with Gasteiger partial charge < -0.3 is 20.1 Å². The average Bonchev–Trinajstić information content (AvgIpc) is 2.97. The van der Waals surface area contributed by atoms with Crippen LogP contribution in [-0.2, 0) is 24.1 Å². The maximum atomic E-state index is 12.5. The Morgan fingerprint density at radius 1 is 1.36 bits per heavy atom. The second-order valence-corrected chi connectivity index (χ2v) is 7.78. The van der Waals surface area contributed by atoms with Gasteiger partial charge in [0.15, 0.2) is 0 Å². The van der Waals surface area contributed by atoms with Gasteiger partial charge in [-0.3, -0.25) is 0 Å². The van der Waals surface area contributed by atoms with Gasteiger partial charge >= 0.3 is 6.09 Å². The van der Waals surface area contributed by atoms with Gasteiger partial charge in [-0.15, -0.1) is 0 Å². The van der Waals surface area contributed by atoms with Crippen molar-refractivity contribution in [2.45, 2.75) is 64.6 Å². The molecule has 0 spiro atoms. The second-order valence-electron chi connectivity index (χ2n) is 7.78. The number of benzene rings is 1. The number of carbonyl (C=O) groups excluding carboxylic acids is 1. The third-order valence-corrected chi connectivity index (χ3v) is 4.49. The number of aliphatic hydroxyl groups is 1. The molecule has 1 amide bonds. The Morgan fingerprint density at radius 2 is 2.12 bits per heavy atom. The lowest BCUT2D eigenvalue weighted by Crippen LogP contribution is -2.40.